The molecule has 0 N–H and O–H groups in total. The standard InChI is InChI=1S/C43H28N2S/c1-5-16-38-32(11-1)33-12-2-6-17-39(33)45(38)31-24-25-41-37(27-31)34-13-3-7-18-40(34)44(41)30-22-20-28(21-23-30)26-29-10-9-15-36-35-14-4-8-19-42(35)46-43(29)36/h1-25,27H,26H2. The van der Waals surface area contributed by atoms with E-state index in [0.29, 0.717) is 0 Å². The molecule has 0 bridgehead atoms. The van der Waals surface area contributed by atoms with Crippen molar-refractivity contribution in [1.82, 2.24) is 9.13 Å². The zero-order valence-electron chi connectivity index (χ0n) is 25.0. The molecule has 10 aromatic rings. The summed E-state index contributed by atoms with van der Waals surface area (Å²) in [5, 5.41) is 7.80. The average molecular weight is 605 g/mol. The van der Waals surface area contributed by atoms with Gasteiger partial charge >= 0.3 is 0 Å². The van der Waals surface area contributed by atoms with Crippen molar-refractivity contribution in [2.75, 3.05) is 0 Å². The minimum Gasteiger partial charge on any atom is -0.309 e. The second kappa shape index (κ2) is 9.93. The quantitative estimate of drug-likeness (QED) is 0.189. The molecule has 0 spiro atoms. The summed E-state index contributed by atoms with van der Waals surface area (Å²) in [4.78, 5) is 0. The van der Waals surface area contributed by atoms with Crippen molar-refractivity contribution in [3.8, 4) is 11.4 Å². The van der Waals surface area contributed by atoms with Crippen LogP contribution in [0.2, 0.25) is 0 Å². The van der Waals surface area contributed by atoms with Crippen molar-refractivity contribution in [3.63, 3.8) is 0 Å². The van der Waals surface area contributed by atoms with Gasteiger partial charge in [-0.25, -0.2) is 0 Å². The van der Waals surface area contributed by atoms with E-state index in [1.165, 1.54) is 86.3 Å². The predicted molar refractivity (Wildman–Crippen MR) is 197 cm³/mol. The first-order valence-electron chi connectivity index (χ1n) is 15.8. The summed E-state index contributed by atoms with van der Waals surface area (Å²) in [7, 11) is 0. The summed E-state index contributed by atoms with van der Waals surface area (Å²) >= 11 is 1.91. The minimum atomic E-state index is 0.916. The highest BCUT2D eigenvalue weighted by atomic mass is 32.1. The largest absolute Gasteiger partial charge is 0.309 e. The lowest BCUT2D eigenvalue weighted by Gasteiger charge is -2.11. The molecule has 0 amide bonds. The van der Waals surface area contributed by atoms with Crippen molar-refractivity contribution >= 4 is 75.1 Å². The van der Waals surface area contributed by atoms with Gasteiger partial charge in [-0.1, -0.05) is 103 Å². The van der Waals surface area contributed by atoms with Gasteiger partial charge in [0.1, 0.15) is 0 Å². The van der Waals surface area contributed by atoms with Crippen molar-refractivity contribution < 1.29 is 0 Å². The molecule has 10 rings (SSSR count). The molecule has 0 radical (unpaired) electrons. The van der Waals surface area contributed by atoms with Crippen molar-refractivity contribution in [3.05, 3.63) is 169 Å². The van der Waals surface area contributed by atoms with E-state index >= 15 is 0 Å². The molecule has 46 heavy (non-hydrogen) atoms. The lowest BCUT2D eigenvalue weighted by Crippen LogP contribution is -1.96. The summed E-state index contributed by atoms with van der Waals surface area (Å²) in [6.45, 7) is 0. The van der Waals surface area contributed by atoms with Crippen LogP contribution in [0.5, 0.6) is 0 Å². The molecule has 3 aromatic heterocycles. The summed E-state index contributed by atoms with van der Waals surface area (Å²) < 4.78 is 7.57. The Morgan fingerprint density at radius 1 is 0.391 bits per heavy atom. The van der Waals surface area contributed by atoms with Crippen molar-refractivity contribution in [1.29, 1.82) is 0 Å². The van der Waals surface area contributed by atoms with Crippen LogP contribution in [0.15, 0.2) is 158 Å². The third-order valence-electron chi connectivity index (χ3n) is 9.57. The molecule has 3 heterocycles. The predicted octanol–water partition coefficient (Wildman–Crippen LogP) is 11.8. The number of hydrogen-bond donors (Lipinski definition) is 0. The number of nitrogens with zero attached hydrogens (tertiary/aromatic N) is 2. The van der Waals surface area contributed by atoms with Gasteiger partial charge in [-0.05, 0) is 72.1 Å². The smallest absolute Gasteiger partial charge is 0.0542 e. The Labute approximate surface area is 270 Å². The third-order valence-corrected chi connectivity index (χ3v) is 10.8. The number of benzene rings is 7. The van der Waals surface area contributed by atoms with Crippen molar-refractivity contribution in [2.24, 2.45) is 0 Å². The van der Waals surface area contributed by atoms with E-state index < -0.39 is 0 Å². The molecule has 0 aliphatic carbocycles. The molecule has 216 valence electrons. The Kier molecular flexibility index (Phi) is 5.54. The highest BCUT2D eigenvalue weighted by molar-refractivity contribution is 7.26. The molecular formula is C43H28N2S. The van der Waals surface area contributed by atoms with Gasteiger partial charge < -0.3 is 9.13 Å². The molecule has 0 fully saturated rings. The van der Waals surface area contributed by atoms with Crippen LogP contribution < -0.4 is 0 Å². The topological polar surface area (TPSA) is 9.86 Å². The first kappa shape index (κ1) is 25.7. The number of hydrogen-bond acceptors (Lipinski definition) is 1. The summed E-state index contributed by atoms with van der Waals surface area (Å²) in [5.74, 6) is 0. The van der Waals surface area contributed by atoms with Gasteiger partial charge in [-0.3, -0.25) is 0 Å². The average Bonchev–Trinajstić information content (AvgIpc) is 3.77. The molecular weight excluding hydrogens is 577 g/mol. The summed E-state index contributed by atoms with van der Waals surface area (Å²) in [6.07, 6.45) is 0.916. The number of thiophene rings is 1. The Hall–Kier alpha value is -5.64. The molecule has 0 unspecified atom stereocenters. The Bertz CT molecular complexity index is 2720. The monoisotopic (exact) mass is 604 g/mol. The van der Waals surface area contributed by atoms with Gasteiger partial charge in [0.15, 0.2) is 0 Å². The van der Waals surface area contributed by atoms with Gasteiger partial charge in [-0.15, -0.1) is 11.3 Å². The van der Waals surface area contributed by atoms with Crippen LogP contribution in [0, 0.1) is 0 Å². The number of rotatable bonds is 4. The molecule has 0 saturated carbocycles. The minimum absolute atomic E-state index is 0.916. The van der Waals surface area contributed by atoms with Crippen LogP contribution in [-0.4, -0.2) is 9.13 Å². The van der Waals surface area contributed by atoms with Crippen molar-refractivity contribution in [2.45, 2.75) is 6.42 Å². The maximum Gasteiger partial charge on any atom is 0.0542 e. The Balaban J connectivity index is 1.09. The second-order valence-corrected chi connectivity index (χ2v) is 13.2. The SMILES string of the molecule is c1ccc2c(c1)sc1c(Cc3ccc(-n4c5ccccc5c5cc(-n6c7ccccc7c7ccccc76)ccc54)cc3)cccc12. The molecule has 0 aliphatic heterocycles. The van der Waals surface area contributed by atoms with Crippen LogP contribution >= 0.6 is 11.3 Å². The molecule has 0 aliphatic rings. The van der Waals surface area contributed by atoms with E-state index in [2.05, 4.69) is 167 Å². The lowest BCUT2D eigenvalue weighted by atomic mass is 10.0. The second-order valence-electron chi connectivity index (χ2n) is 12.2. The van der Waals surface area contributed by atoms with Crippen LogP contribution in [0.4, 0.5) is 0 Å². The first-order valence-corrected chi connectivity index (χ1v) is 16.6. The zero-order valence-corrected chi connectivity index (χ0v) is 25.8. The van der Waals surface area contributed by atoms with Gasteiger partial charge in [0.05, 0.1) is 22.1 Å². The van der Waals surface area contributed by atoms with Gasteiger partial charge in [-0.2, -0.15) is 0 Å². The number of para-hydroxylation sites is 3. The van der Waals surface area contributed by atoms with Gasteiger partial charge in [0.2, 0.25) is 0 Å². The maximum absolute atomic E-state index is 2.41. The zero-order chi connectivity index (χ0) is 30.2. The molecule has 0 atom stereocenters. The van der Waals surface area contributed by atoms with Crippen LogP contribution in [-0.2, 0) is 6.42 Å². The van der Waals surface area contributed by atoms with E-state index in [4.69, 9.17) is 0 Å². The Morgan fingerprint density at radius 2 is 0.913 bits per heavy atom. The van der Waals surface area contributed by atoms with E-state index in [9.17, 15) is 0 Å². The van der Waals surface area contributed by atoms with Gasteiger partial charge in [0.25, 0.3) is 0 Å². The molecule has 2 nitrogen and oxygen atoms in total. The maximum atomic E-state index is 2.41. The lowest BCUT2D eigenvalue weighted by molar-refractivity contribution is 1.15. The number of aromatic nitrogens is 2. The highest BCUT2D eigenvalue weighted by Gasteiger charge is 2.16. The van der Waals surface area contributed by atoms with Crippen LogP contribution in [0.1, 0.15) is 11.1 Å². The first-order chi connectivity index (χ1) is 22.8. The van der Waals surface area contributed by atoms with Gasteiger partial charge in [0, 0.05) is 53.1 Å². The van der Waals surface area contributed by atoms with Crippen LogP contribution in [0.3, 0.4) is 0 Å². The fraction of sp³-hybridized carbons (Fsp3) is 0.0233. The highest BCUT2D eigenvalue weighted by Crippen LogP contribution is 2.38. The summed E-state index contributed by atoms with van der Waals surface area (Å²) in [5.41, 5.74) is 9.97. The fourth-order valence-electron chi connectivity index (χ4n) is 7.51. The van der Waals surface area contributed by atoms with E-state index in [1.807, 2.05) is 11.3 Å². The molecule has 0 saturated heterocycles. The fourth-order valence-corrected chi connectivity index (χ4v) is 8.72. The van der Waals surface area contributed by atoms with E-state index in [0.717, 1.165) is 6.42 Å². The van der Waals surface area contributed by atoms with E-state index in [-0.39, 0.29) is 0 Å². The van der Waals surface area contributed by atoms with E-state index in [1.54, 1.807) is 0 Å². The number of fused-ring (bicyclic) bond motifs is 9. The van der Waals surface area contributed by atoms with Crippen LogP contribution in [0.25, 0.3) is 75.2 Å². The normalized spacial score (nSPS) is 12.0. The summed E-state index contributed by atoms with van der Waals surface area (Å²) in [6, 6.07) is 57.8. The third kappa shape index (κ3) is 3.76. The molecule has 7 aromatic carbocycles. The molecule has 3 heteroatoms. The Morgan fingerprint density at radius 3 is 1.61 bits per heavy atom.